The molecule has 5 nitrogen and oxygen atoms in total. The van der Waals surface area contributed by atoms with Crippen molar-refractivity contribution >= 4 is 23.2 Å². The van der Waals surface area contributed by atoms with E-state index >= 15 is 0 Å². The number of hydrogen-bond acceptors (Lipinski definition) is 5. The lowest BCUT2D eigenvalue weighted by Gasteiger charge is -2.17. The first-order valence-corrected chi connectivity index (χ1v) is 10.0. The quantitative estimate of drug-likeness (QED) is 0.542. The number of esters is 1. The van der Waals surface area contributed by atoms with Gasteiger partial charge in [0.15, 0.2) is 12.3 Å². The minimum Gasteiger partial charge on any atom is -0.451 e. The molecule has 7 heteroatoms. The van der Waals surface area contributed by atoms with Gasteiger partial charge in [-0.2, -0.15) is 0 Å². The first-order valence-electron chi connectivity index (χ1n) is 9.17. The summed E-state index contributed by atoms with van der Waals surface area (Å²) in [5, 5.41) is 2.32. The number of nitrogens with zero attached hydrogens (tertiary/aromatic N) is 2. The predicted molar refractivity (Wildman–Crippen MR) is 110 cm³/mol. The van der Waals surface area contributed by atoms with Crippen LogP contribution < -0.4 is 0 Å². The number of aromatic nitrogens is 1. The number of aryl methyl sites for hydroxylation is 1. The van der Waals surface area contributed by atoms with Crippen molar-refractivity contribution in [3.63, 3.8) is 0 Å². The first kappa shape index (κ1) is 20.7. The predicted octanol–water partition coefficient (Wildman–Crippen LogP) is 4.33. The number of likely N-dealkylation sites (N-methyl/N-ethyl adjacent to an activating group) is 1. The van der Waals surface area contributed by atoms with E-state index in [1.165, 1.54) is 34.9 Å². The lowest BCUT2D eigenvalue weighted by atomic mass is 10.1. The molecule has 0 atom stereocenters. The third-order valence-electron chi connectivity index (χ3n) is 4.44. The largest absolute Gasteiger partial charge is 0.451 e. The van der Waals surface area contributed by atoms with E-state index < -0.39 is 18.5 Å². The molecule has 1 aromatic heterocycles. The third-order valence-corrected chi connectivity index (χ3v) is 5.33. The van der Waals surface area contributed by atoms with Gasteiger partial charge in [0.05, 0.1) is 0 Å². The van der Waals surface area contributed by atoms with E-state index in [1.54, 1.807) is 23.6 Å². The summed E-state index contributed by atoms with van der Waals surface area (Å²) >= 11 is 1.34. The highest BCUT2D eigenvalue weighted by Gasteiger charge is 2.17. The number of rotatable bonds is 7. The summed E-state index contributed by atoms with van der Waals surface area (Å²) in [6.45, 7) is 1.75. The molecule has 1 heterocycles. The maximum absolute atomic E-state index is 13.7. The fraction of sp³-hybridized carbons (Fsp3) is 0.227. The Bertz CT molecular complexity index is 1000. The molecule has 0 spiro atoms. The second kappa shape index (κ2) is 9.43. The number of carbonyl (C=O) groups excluding carboxylic acids is 2. The van der Waals surface area contributed by atoms with Gasteiger partial charge in [0.25, 0.3) is 5.91 Å². The molecule has 150 valence electrons. The summed E-state index contributed by atoms with van der Waals surface area (Å²) in [7, 11) is 1.53. The molecule has 0 N–H and O–H groups in total. The van der Waals surface area contributed by atoms with Crippen LogP contribution in [0.5, 0.6) is 0 Å². The molecular formula is C22H21FN2O3S. The van der Waals surface area contributed by atoms with Crippen LogP contribution in [0.2, 0.25) is 0 Å². The van der Waals surface area contributed by atoms with E-state index in [4.69, 9.17) is 4.74 Å². The van der Waals surface area contributed by atoms with E-state index in [2.05, 4.69) is 11.9 Å². The van der Waals surface area contributed by atoms with Gasteiger partial charge in [0.2, 0.25) is 0 Å². The number of halogens is 1. The van der Waals surface area contributed by atoms with Crippen LogP contribution in [0.1, 0.15) is 28.5 Å². The van der Waals surface area contributed by atoms with Crippen LogP contribution in [0.4, 0.5) is 4.39 Å². The average Bonchev–Trinajstić information content (AvgIpc) is 3.23. The van der Waals surface area contributed by atoms with Crippen molar-refractivity contribution in [3.8, 4) is 10.6 Å². The normalized spacial score (nSPS) is 10.6. The number of thiazole rings is 1. The second-order valence-electron chi connectivity index (χ2n) is 6.51. The highest BCUT2D eigenvalue weighted by atomic mass is 32.1. The standard InChI is InChI=1S/C22H21FN2O3S/c1-3-15-8-10-16(11-9-15)21-24-19(14-29-21)22(27)28-13-20(26)25(2)12-17-6-4-5-7-18(17)23/h4-11,14H,3,12-13H2,1-2H3. The van der Waals surface area contributed by atoms with Gasteiger partial charge in [-0.05, 0) is 18.1 Å². The molecule has 29 heavy (non-hydrogen) atoms. The Morgan fingerprint density at radius 1 is 1.14 bits per heavy atom. The van der Waals surface area contributed by atoms with E-state index in [0.29, 0.717) is 10.6 Å². The lowest BCUT2D eigenvalue weighted by molar-refractivity contribution is -0.133. The molecule has 0 aliphatic heterocycles. The third kappa shape index (κ3) is 5.26. The second-order valence-corrected chi connectivity index (χ2v) is 7.36. The zero-order chi connectivity index (χ0) is 20.8. The highest BCUT2D eigenvalue weighted by Crippen LogP contribution is 2.24. The summed E-state index contributed by atoms with van der Waals surface area (Å²) in [5.74, 6) is -1.47. The molecule has 0 fully saturated rings. The summed E-state index contributed by atoms with van der Waals surface area (Å²) < 4.78 is 18.8. The molecular weight excluding hydrogens is 391 g/mol. The average molecular weight is 412 g/mol. The Kier molecular flexibility index (Phi) is 6.72. The number of benzene rings is 2. The van der Waals surface area contributed by atoms with Crippen LogP contribution in [0.15, 0.2) is 53.9 Å². The van der Waals surface area contributed by atoms with Crippen molar-refractivity contribution < 1.29 is 18.7 Å². The molecule has 0 saturated carbocycles. The zero-order valence-electron chi connectivity index (χ0n) is 16.2. The molecule has 1 amide bonds. The van der Waals surface area contributed by atoms with Crippen molar-refractivity contribution in [2.45, 2.75) is 19.9 Å². The summed E-state index contributed by atoms with van der Waals surface area (Å²) in [5.41, 5.74) is 2.71. The zero-order valence-corrected chi connectivity index (χ0v) is 17.0. The van der Waals surface area contributed by atoms with Gasteiger partial charge in [-0.1, -0.05) is 49.4 Å². The van der Waals surface area contributed by atoms with Crippen molar-refractivity contribution in [3.05, 3.63) is 76.5 Å². The van der Waals surface area contributed by atoms with Crippen molar-refractivity contribution in [2.75, 3.05) is 13.7 Å². The van der Waals surface area contributed by atoms with Gasteiger partial charge in [0.1, 0.15) is 10.8 Å². The number of hydrogen-bond donors (Lipinski definition) is 0. The molecule has 0 saturated heterocycles. The maximum atomic E-state index is 13.7. The lowest BCUT2D eigenvalue weighted by Crippen LogP contribution is -2.31. The van der Waals surface area contributed by atoms with Gasteiger partial charge in [-0.3, -0.25) is 4.79 Å². The molecule has 3 rings (SSSR count). The number of ether oxygens (including phenoxy) is 1. The maximum Gasteiger partial charge on any atom is 0.358 e. The van der Waals surface area contributed by atoms with E-state index in [0.717, 1.165) is 12.0 Å². The van der Waals surface area contributed by atoms with Crippen LogP contribution in [-0.4, -0.2) is 35.4 Å². The van der Waals surface area contributed by atoms with Gasteiger partial charge in [0, 0.05) is 30.1 Å². The van der Waals surface area contributed by atoms with Crippen LogP contribution >= 0.6 is 11.3 Å². The Hall–Kier alpha value is -3.06. The smallest absolute Gasteiger partial charge is 0.358 e. The number of amides is 1. The van der Waals surface area contributed by atoms with Crippen LogP contribution in [0.25, 0.3) is 10.6 Å². The molecule has 0 radical (unpaired) electrons. The van der Waals surface area contributed by atoms with E-state index in [1.807, 2.05) is 24.3 Å². The Labute approximate surface area is 172 Å². The van der Waals surface area contributed by atoms with Crippen molar-refractivity contribution in [1.82, 2.24) is 9.88 Å². The molecule has 0 bridgehead atoms. The van der Waals surface area contributed by atoms with Gasteiger partial charge >= 0.3 is 5.97 Å². The van der Waals surface area contributed by atoms with Crippen LogP contribution in [-0.2, 0) is 22.5 Å². The Balaban J connectivity index is 1.55. The minimum atomic E-state index is -0.662. The molecule has 2 aromatic carbocycles. The SMILES string of the molecule is CCc1ccc(-c2nc(C(=O)OCC(=O)N(C)Cc3ccccc3F)cs2)cc1. The minimum absolute atomic E-state index is 0.0949. The van der Waals surface area contributed by atoms with E-state index in [9.17, 15) is 14.0 Å². The molecule has 3 aromatic rings. The summed E-state index contributed by atoms with van der Waals surface area (Å²) in [6.07, 6.45) is 0.953. The topological polar surface area (TPSA) is 59.5 Å². The number of carbonyl (C=O) groups is 2. The van der Waals surface area contributed by atoms with Crippen molar-refractivity contribution in [2.24, 2.45) is 0 Å². The first-order chi connectivity index (χ1) is 14.0. The fourth-order valence-corrected chi connectivity index (χ4v) is 3.46. The van der Waals surface area contributed by atoms with Gasteiger partial charge in [-0.15, -0.1) is 11.3 Å². The molecule has 0 unspecified atom stereocenters. The molecule has 0 aliphatic rings. The Morgan fingerprint density at radius 2 is 1.86 bits per heavy atom. The van der Waals surface area contributed by atoms with Crippen molar-refractivity contribution in [1.29, 1.82) is 0 Å². The highest BCUT2D eigenvalue weighted by molar-refractivity contribution is 7.13. The fourth-order valence-electron chi connectivity index (χ4n) is 2.66. The van der Waals surface area contributed by atoms with E-state index in [-0.39, 0.29) is 18.1 Å². The van der Waals surface area contributed by atoms with Crippen LogP contribution in [0.3, 0.4) is 0 Å². The van der Waals surface area contributed by atoms with Crippen LogP contribution in [0, 0.1) is 5.82 Å². The summed E-state index contributed by atoms with van der Waals surface area (Å²) in [4.78, 5) is 30.0. The Morgan fingerprint density at radius 3 is 2.55 bits per heavy atom. The molecule has 0 aliphatic carbocycles. The monoisotopic (exact) mass is 412 g/mol. The summed E-state index contributed by atoms with van der Waals surface area (Å²) in [6, 6.07) is 14.2. The van der Waals surface area contributed by atoms with Gasteiger partial charge in [-0.25, -0.2) is 14.2 Å². The van der Waals surface area contributed by atoms with Gasteiger partial charge < -0.3 is 9.64 Å².